The fraction of sp³-hybridized carbons (Fsp3) is 0.0833. The van der Waals surface area contributed by atoms with Crippen molar-refractivity contribution in [2.75, 3.05) is 0 Å². The molecule has 0 radical (unpaired) electrons. The van der Waals surface area contributed by atoms with Gasteiger partial charge >= 0.3 is 0 Å². The van der Waals surface area contributed by atoms with Gasteiger partial charge in [-0.15, -0.1) is 11.3 Å². The van der Waals surface area contributed by atoms with Crippen LogP contribution in [0.4, 0.5) is 0 Å². The van der Waals surface area contributed by atoms with Crippen LogP contribution in [-0.2, 0) is 6.42 Å². The Morgan fingerprint density at radius 2 is 2.19 bits per heavy atom. The highest BCUT2D eigenvalue weighted by molar-refractivity contribution is 9.10. The summed E-state index contributed by atoms with van der Waals surface area (Å²) in [6, 6.07) is 9.21. The highest BCUT2D eigenvalue weighted by Crippen LogP contribution is 2.23. The van der Waals surface area contributed by atoms with Crippen LogP contribution in [0.15, 0.2) is 40.2 Å². The van der Waals surface area contributed by atoms with E-state index in [2.05, 4.69) is 15.9 Å². The molecule has 0 bridgehead atoms. The van der Waals surface area contributed by atoms with Gasteiger partial charge in [0.2, 0.25) is 0 Å². The van der Waals surface area contributed by atoms with Crippen LogP contribution >= 0.6 is 38.9 Å². The van der Waals surface area contributed by atoms with E-state index < -0.39 is 0 Å². The zero-order chi connectivity index (χ0) is 11.5. The number of benzene rings is 1. The van der Waals surface area contributed by atoms with Gasteiger partial charge in [0.25, 0.3) is 0 Å². The third-order valence-corrected chi connectivity index (χ3v) is 3.83. The third kappa shape index (κ3) is 2.73. The molecule has 0 saturated heterocycles. The molecule has 1 aromatic heterocycles. The Morgan fingerprint density at radius 1 is 1.38 bits per heavy atom. The molecule has 0 fully saturated rings. The molecule has 0 aliphatic rings. The maximum Gasteiger partial charge on any atom is 0.169 e. The Hall–Kier alpha value is -0.640. The predicted octanol–water partition coefficient (Wildman–Crippen LogP) is 4.59. The van der Waals surface area contributed by atoms with Crippen LogP contribution in [0, 0.1) is 0 Å². The number of Topliss-reactive ketones (excluding diaryl/α,β-unsaturated/α-hetero) is 1. The van der Waals surface area contributed by atoms with Crippen LogP contribution in [0.2, 0.25) is 5.02 Å². The lowest BCUT2D eigenvalue weighted by Gasteiger charge is -2.02. The van der Waals surface area contributed by atoms with Gasteiger partial charge in [-0.25, -0.2) is 0 Å². The molecule has 0 unspecified atom stereocenters. The van der Waals surface area contributed by atoms with Crippen LogP contribution < -0.4 is 0 Å². The summed E-state index contributed by atoms with van der Waals surface area (Å²) in [6.07, 6.45) is 0.416. The quantitative estimate of drug-likeness (QED) is 0.757. The van der Waals surface area contributed by atoms with Crippen LogP contribution in [0.25, 0.3) is 0 Å². The van der Waals surface area contributed by atoms with Gasteiger partial charge in [-0.3, -0.25) is 4.79 Å². The van der Waals surface area contributed by atoms with Gasteiger partial charge in [0.05, 0.1) is 5.02 Å². The minimum atomic E-state index is 0.0555. The van der Waals surface area contributed by atoms with Gasteiger partial charge < -0.3 is 0 Å². The average Bonchev–Trinajstić information content (AvgIpc) is 2.70. The summed E-state index contributed by atoms with van der Waals surface area (Å²) < 4.78 is 0.880. The van der Waals surface area contributed by atoms with Crippen LogP contribution in [0.1, 0.15) is 15.2 Å². The van der Waals surface area contributed by atoms with Crippen molar-refractivity contribution < 1.29 is 4.79 Å². The van der Waals surface area contributed by atoms with Crippen molar-refractivity contribution in [2.45, 2.75) is 6.42 Å². The highest BCUT2D eigenvalue weighted by atomic mass is 79.9. The zero-order valence-electron chi connectivity index (χ0n) is 8.24. The van der Waals surface area contributed by atoms with Crippen molar-refractivity contribution in [1.29, 1.82) is 0 Å². The van der Waals surface area contributed by atoms with E-state index in [1.165, 1.54) is 0 Å². The molecular weight excluding hydrogens is 308 g/mol. The molecule has 0 aliphatic carbocycles. The Balaban J connectivity index is 2.21. The number of carbonyl (C=O) groups excluding carboxylic acids is 1. The van der Waals surface area contributed by atoms with E-state index in [0.717, 1.165) is 9.35 Å². The van der Waals surface area contributed by atoms with Gasteiger partial charge in [0.1, 0.15) is 0 Å². The van der Waals surface area contributed by atoms with Crippen molar-refractivity contribution in [3.63, 3.8) is 0 Å². The van der Waals surface area contributed by atoms with E-state index in [9.17, 15) is 4.79 Å². The van der Waals surface area contributed by atoms with Gasteiger partial charge in [0.15, 0.2) is 5.78 Å². The Morgan fingerprint density at radius 3 is 2.81 bits per heavy atom. The van der Waals surface area contributed by atoms with Gasteiger partial charge in [0, 0.05) is 21.3 Å². The maximum absolute atomic E-state index is 12.0. The molecule has 16 heavy (non-hydrogen) atoms. The molecule has 0 N–H and O–H groups in total. The molecule has 4 heteroatoms. The lowest BCUT2D eigenvalue weighted by atomic mass is 10.1. The number of carbonyl (C=O) groups is 1. The predicted molar refractivity (Wildman–Crippen MR) is 71.5 cm³/mol. The summed E-state index contributed by atoms with van der Waals surface area (Å²) in [5, 5.41) is 2.46. The monoisotopic (exact) mass is 314 g/mol. The summed E-state index contributed by atoms with van der Waals surface area (Å²) >= 11 is 10.9. The highest BCUT2D eigenvalue weighted by Gasteiger charge is 2.11. The number of thiophene rings is 1. The van der Waals surface area contributed by atoms with Crippen molar-refractivity contribution in [1.82, 2.24) is 0 Å². The van der Waals surface area contributed by atoms with Crippen LogP contribution in [0.5, 0.6) is 0 Å². The van der Waals surface area contributed by atoms with Crippen LogP contribution in [0.3, 0.4) is 0 Å². The Bertz CT molecular complexity index is 508. The van der Waals surface area contributed by atoms with E-state index in [-0.39, 0.29) is 5.78 Å². The summed E-state index contributed by atoms with van der Waals surface area (Å²) in [7, 11) is 0. The number of hydrogen-bond acceptors (Lipinski definition) is 2. The van der Waals surface area contributed by atoms with E-state index in [1.54, 1.807) is 23.5 Å². The van der Waals surface area contributed by atoms with E-state index in [0.29, 0.717) is 17.0 Å². The zero-order valence-corrected chi connectivity index (χ0v) is 11.4. The summed E-state index contributed by atoms with van der Waals surface area (Å²) in [4.78, 5) is 13.0. The second-order valence-electron chi connectivity index (χ2n) is 3.30. The SMILES string of the molecule is O=C(Cc1cccs1)c1ccc(Br)cc1Cl. The second kappa shape index (κ2) is 5.13. The minimum Gasteiger partial charge on any atom is -0.294 e. The standard InChI is InChI=1S/C12H8BrClOS/c13-8-3-4-10(11(14)6-8)12(15)7-9-2-1-5-16-9/h1-6H,7H2. The smallest absolute Gasteiger partial charge is 0.169 e. The largest absolute Gasteiger partial charge is 0.294 e. The lowest BCUT2D eigenvalue weighted by Crippen LogP contribution is -2.02. The second-order valence-corrected chi connectivity index (χ2v) is 5.66. The molecule has 0 amide bonds. The molecule has 1 nitrogen and oxygen atoms in total. The van der Waals surface area contributed by atoms with Crippen molar-refractivity contribution in [2.24, 2.45) is 0 Å². The first-order chi connectivity index (χ1) is 7.66. The Labute approximate surface area is 111 Å². The molecule has 0 aliphatic heterocycles. The molecule has 0 saturated carbocycles. The van der Waals surface area contributed by atoms with Crippen molar-refractivity contribution >= 4 is 44.7 Å². The first-order valence-electron chi connectivity index (χ1n) is 4.67. The van der Waals surface area contributed by atoms with E-state index in [1.807, 2.05) is 23.6 Å². The summed E-state index contributed by atoms with van der Waals surface area (Å²) in [5.41, 5.74) is 0.582. The molecule has 82 valence electrons. The molecule has 2 aromatic rings. The van der Waals surface area contributed by atoms with Gasteiger partial charge in [-0.1, -0.05) is 33.6 Å². The number of hydrogen-bond donors (Lipinski definition) is 0. The van der Waals surface area contributed by atoms with E-state index in [4.69, 9.17) is 11.6 Å². The normalized spacial score (nSPS) is 10.4. The number of rotatable bonds is 3. The molecule has 2 rings (SSSR count). The molecule has 0 atom stereocenters. The summed E-state index contributed by atoms with van der Waals surface area (Å²) in [5.74, 6) is 0.0555. The molecule has 1 heterocycles. The molecular formula is C12H8BrClOS. The molecule has 0 spiro atoms. The maximum atomic E-state index is 12.0. The first-order valence-corrected chi connectivity index (χ1v) is 6.72. The van der Waals surface area contributed by atoms with E-state index >= 15 is 0 Å². The Kier molecular flexibility index (Phi) is 3.79. The van der Waals surface area contributed by atoms with Crippen LogP contribution in [-0.4, -0.2) is 5.78 Å². The van der Waals surface area contributed by atoms with Crippen molar-refractivity contribution in [3.8, 4) is 0 Å². The van der Waals surface area contributed by atoms with Gasteiger partial charge in [-0.05, 0) is 29.6 Å². The number of halogens is 2. The average molecular weight is 316 g/mol. The third-order valence-electron chi connectivity index (χ3n) is 2.15. The van der Waals surface area contributed by atoms with Gasteiger partial charge in [-0.2, -0.15) is 0 Å². The van der Waals surface area contributed by atoms with Crippen molar-refractivity contribution in [3.05, 3.63) is 55.6 Å². The topological polar surface area (TPSA) is 17.1 Å². The fourth-order valence-electron chi connectivity index (χ4n) is 1.38. The molecule has 1 aromatic carbocycles. The minimum absolute atomic E-state index is 0.0555. The lowest BCUT2D eigenvalue weighted by molar-refractivity contribution is 0.0994. The number of ketones is 1. The summed E-state index contributed by atoms with van der Waals surface area (Å²) in [6.45, 7) is 0. The fourth-order valence-corrected chi connectivity index (χ4v) is 2.86. The first kappa shape index (κ1) is 11.8.